The number of thiophene rings is 1. The normalized spacial score (nSPS) is 10.2. The first-order valence-corrected chi connectivity index (χ1v) is 5.92. The summed E-state index contributed by atoms with van der Waals surface area (Å²) in [5.74, 6) is -0.902. The number of rotatable bonds is 2. The van der Waals surface area contributed by atoms with E-state index in [0.29, 0.717) is 5.56 Å². The van der Waals surface area contributed by atoms with Crippen LogP contribution in [0.3, 0.4) is 0 Å². The van der Waals surface area contributed by atoms with E-state index in [1.807, 2.05) is 17.5 Å². The minimum Gasteiger partial charge on any atom is -0.478 e. The fraction of sp³-hybridized carbons (Fsp3) is 0. The fourth-order valence-electron chi connectivity index (χ4n) is 1.28. The Kier molecular flexibility index (Phi) is 2.88. The molecule has 1 N–H and O–H groups in total. The van der Waals surface area contributed by atoms with E-state index < -0.39 is 5.97 Å². The summed E-state index contributed by atoms with van der Waals surface area (Å²) in [6.45, 7) is 0. The number of halogens is 1. The highest BCUT2D eigenvalue weighted by atomic mass is 79.9. The largest absolute Gasteiger partial charge is 0.478 e. The van der Waals surface area contributed by atoms with Gasteiger partial charge in [0.25, 0.3) is 0 Å². The zero-order chi connectivity index (χ0) is 10.8. The second-order valence-corrected chi connectivity index (χ2v) is 4.78. The van der Waals surface area contributed by atoms with Crippen LogP contribution in [0.15, 0.2) is 40.2 Å². The van der Waals surface area contributed by atoms with Crippen LogP contribution in [0.25, 0.3) is 10.4 Å². The maximum absolute atomic E-state index is 10.8. The van der Waals surface area contributed by atoms with E-state index in [4.69, 9.17) is 5.11 Å². The van der Waals surface area contributed by atoms with E-state index in [-0.39, 0.29) is 0 Å². The van der Waals surface area contributed by atoms with Gasteiger partial charge in [0, 0.05) is 14.9 Å². The summed E-state index contributed by atoms with van der Waals surface area (Å²) >= 11 is 5.00. The minimum absolute atomic E-state index is 0.307. The molecular weight excluding hydrogens is 276 g/mol. The molecule has 4 heteroatoms. The van der Waals surface area contributed by atoms with Gasteiger partial charge in [0.1, 0.15) is 0 Å². The minimum atomic E-state index is -0.902. The highest BCUT2D eigenvalue weighted by Gasteiger charge is 2.08. The van der Waals surface area contributed by atoms with Gasteiger partial charge in [-0.2, -0.15) is 0 Å². The second kappa shape index (κ2) is 4.16. The number of hydrogen-bond acceptors (Lipinski definition) is 2. The lowest BCUT2D eigenvalue weighted by Gasteiger charge is -2.03. The number of carboxylic acids is 1. The van der Waals surface area contributed by atoms with Crippen LogP contribution in [0, 0.1) is 0 Å². The smallest absolute Gasteiger partial charge is 0.335 e. The first-order chi connectivity index (χ1) is 7.18. The molecule has 0 amide bonds. The fourth-order valence-corrected chi connectivity index (χ4v) is 2.63. The summed E-state index contributed by atoms with van der Waals surface area (Å²) < 4.78 is 0.912. The molecule has 76 valence electrons. The summed E-state index contributed by atoms with van der Waals surface area (Å²) in [5, 5.41) is 10.9. The Labute approximate surface area is 99.3 Å². The first-order valence-electron chi connectivity index (χ1n) is 4.25. The molecule has 15 heavy (non-hydrogen) atoms. The van der Waals surface area contributed by atoms with Crippen molar-refractivity contribution in [3.05, 3.63) is 45.7 Å². The van der Waals surface area contributed by atoms with Crippen LogP contribution < -0.4 is 0 Å². The molecule has 0 saturated heterocycles. The van der Waals surface area contributed by atoms with Gasteiger partial charge in [0.2, 0.25) is 0 Å². The molecule has 0 aliphatic carbocycles. The monoisotopic (exact) mass is 282 g/mol. The Hall–Kier alpha value is -1.13. The van der Waals surface area contributed by atoms with Crippen molar-refractivity contribution in [1.82, 2.24) is 0 Å². The molecule has 2 nitrogen and oxygen atoms in total. The quantitative estimate of drug-likeness (QED) is 0.908. The van der Waals surface area contributed by atoms with Gasteiger partial charge in [-0.3, -0.25) is 0 Å². The van der Waals surface area contributed by atoms with Crippen LogP contribution in [0.5, 0.6) is 0 Å². The third-order valence-electron chi connectivity index (χ3n) is 2.00. The predicted octanol–water partition coefficient (Wildman–Crippen LogP) is 3.88. The van der Waals surface area contributed by atoms with Crippen LogP contribution in [0.4, 0.5) is 0 Å². The first kappa shape index (κ1) is 10.4. The zero-order valence-electron chi connectivity index (χ0n) is 7.61. The van der Waals surface area contributed by atoms with Crippen molar-refractivity contribution in [2.45, 2.75) is 0 Å². The number of benzene rings is 1. The Balaban J connectivity index is 2.55. The number of carbonyl (C=O) groups is 1. The standard InChI is InChI=1S/C11H7BrO2S/c12-9-4-3-7(11(13)14)6-8(9)10-2-1-5-15-10/h1-6H,(H,13,14). The van der Waals surface area contributed by atoms with Crippen molar-refractivity contribution in [1.29, 1.82) is 0 Å². The van der Waals surface area contributed by atoms with Gasteiger partial charge >= 0.3 is 5.97 Å². The Bertz CT molecular complexity index is 491. The van der Waals surface area contributed by atoms with Crippen molar-refractivity contribution in [2.24, 2.45) is 0 Å². The third kappa shape index (κ3) is 2.11. The molecule has 0 unspecified atom stereocenters. The van der Waals surface area contributed by atoms with Crippen molar-refractivity contribution in [2.75, 3.05) is 0 Å². The summed E-state index contributed by atoms with van der Waals surface area (Å²) in [5.41, 5.74) is 1.23. The molecule has 0 saturated carbocycles. The summed E-state index contributed by atoms with van der Waals surface area (Å²) in [7, 11) is 0. The van der Waals surface area contributed by atoms with Crippen LogP contribution in [0.1, 0.15) is 10.4 Å². The topological polar surface area (TPSA) is 37.3 Å². The Morgan fingerprint density at radius 3 is 2.73 bits per heavy atom. The highest BCUT2D eigenvalue weighted by molar-refractivity contribution is 9.10. The molecule has 1 aromatic carbocycles. The highest BCUT2D eigenvalue weighted by Crippen LogP contribution is 2.32. The molecule has 0 radical (unpaired) electrons. The van der Waals surface area contributed by atoms with E-state index in [1.165, 1.54) is 0 Å². The van der Waals surface area contributed by atoms with Crippen molar-refractivity contribution in [3.8, 4) is 10.4 Å². The van der Waals surface area contributed by atoms with Crippen molar-refractivity contribution < 1.29 is 9.90 Å². The molecule has 2 aromatic rings. The van der Waals surface area contributed by atoms with Gasteiger partial charge in [-0.25, -0.2) is 4.79 Å². The van der Waals surface area contributed by atoms with Crippen LogP contribution in [0.2, 0.25) is 0 Å². The number of hydrogen-bond donors (Lipinski definition) is 1. The van der Waals surface area contributed by atoms with Gasteiger partial charge < -0.3 is 5.11 Å². The third-order valence-corrected chi connectivity index (χ3v) is 3.59. The van der Waals surface area contributed by atoms with Crippen molar-refractivity contribution in [3.63, 3.8) is 0 Å². The number of carboxylic acid groups (broad SMARTS) is 1. The molecular formula is C11H7BrO2S. The molecule has 2 rings (SSSR count). The van der Waals surface area contributed by atoms with Crippen LogP contribution >= 0.6 is 27.3 Å². The average molecular weight is 283 g/mol. The van der Waals surface area contributed by atoms with Gasteiger partial charge in [0.05, 0.1) is 5.56 Å². The summed E-state index contributed by atoms with van der Waals surface area (Å²) in [4.78, 5) is 11.9. The predicted molar refractivity (Wildman–Crippen MR) is 64.4 cm³/mol. The average Bonchev–Trinajstić information content (AvgIpc) is 2.71. The molecule has 0 spiro atoms. The van der Waals surface area contributed by atoms with Gasteiger partial charge in [0.15, 0.2) is 0 Å². The molecule has 1 heterocycles. The van der Waals surface area contributed by atoms with Crippen LogP contribution in [-0.4, -0.2) is 11.1 Å². The van der Waals surface area contributed by atoms with Gasteiger partial charge in [-0.05, 0) is 29.6 Å². The SMILES string of the molecule is O=C(O)c1ccc(Br)c(-c2cccs2)c1. The molecule has 0 atom stereocenters. The second-order valence-electron chi connectivity index (χ2n) is 2.98. The van der Waals surface area contributed by atoms with E-state index in [1.54, 1.807) is 29.5 Å². The maximum Gasteiger partial charge on any atom is 0.335 e. The van der Waals surface area contributed by atoms with E-state index >= 15 is 0 Å². The molecule has 0 aliphatic heterocycles. The maximum atomic E-state index is 10.8. The lowest BCUT2D eigenvalue weighted by atomic mass is 10.1. The molecule has 0 aliphatic rings. The Morgan fingerprint density at radius 1 is 1.33 bits per heavy atom. The van der Waals surface area contributed by atoms with E-state index in [0.717, 1.165) is 14.9 Å². The summed E-state index contributed by atoms with van der Waals surface area (Å²) in [6.07, 6.45) is 0. The van der Waals surface area contributed by atoms with Gasteiger partial charge in [-0.1, -0.05) is 22.0 Å². The van der Waals surface area contributed by atoms with E-state index in [9.17, 15) is 4.79 Å². The lowest BCUT2D eigenvalue weighted by Crippen LogP contribution is -1.95. The number of aromatic carboxylic acids is 1. The molecule has 1 aromatic heterocycles. The lowest BCUT2D eigenvalue weighted by molar-refractivity contribution is 0.0697. The molecule has 0 fully saturated rings. The molecule has 0 bridgehead atoms. The van der Waals surface area contributed by atoms with Crippen LogP contribution in [-0.2, 0) is 0 Å². The van der Waals surface area contributed by atoms with E-state index in [2.05, 4.69) is 15.9 Å². The van der Waals surface area contributed by atoms with Crippen molar-refractivity contribution >= 4 is 33.2 Å². The van der Waals surface area contributed by atoms with Gasteiger partial charge in [-0.15, -0.1) is 11.3 Å². The Morgan fingerprint density at radius 2 is 2.13 bits per heavy atom. The zero-order valence-corrected chi connectivity index (χ0v) is 10.0. The summed E-state index contributed by atoms with van der Waals surface area (Å²) in [6, 6.07) is 8.94.